The zero-order valence-corrected chi connectivity index (χ0v) is 10.8. The van der Waals surface area contributed by atoms with Crippen molar-refractivity contribution >= 4 is 22.8 Å². The maximum Gasteiger partial charge on any atom is 0.226 e. The van der Waals surface area contributed by atoms with Crippen LogP contribution in [-0.2, 0) is 7.05 Å². The van der Waals surface area contributed by atoms with Gasteiger partial charge in [0.1, 0.15) is 5.82 Å². The summed E-state index contributed by atoms with van der Waals surface area (Å²) in [5.74, 6) is 1.24. The Kier molecular flexibility index (Phi) is 3.61. The van der Waals surface area contributed by atoms with Gasteiger partial charge in [-0.05, 0) is 13.8 Å². The molecule has 0 amide bonds. The summed E-state index contributed by atoms with van der Waals surface area (Å²) in [4.78, 5) is 8.81. The van der Waals surface area contributed by atoms with Crippen LogP contribution in [0.4, 0.5) is 11.8 Å². The first kappa shape index (κ1) is 12.6. The van der Waals surface area contributed by atoms with Gasteiger partial charge < -0.3 is 15.7 Å². The quantitative estimate of drug-likeness (QED) is 0.719. The fourth-order valence-electron chi connectivity index (χ4n) is 1.65. The Hall–Kier alpha value is -1.89. The minimum atomic E-state index is 0.0543. The summed E-state index contributed by atoms with van der Waals surface area (Å²) in [5.41, 5.74) is 0.758. The SMILES string of the molecule is CC(C)Nc1nc(NCCO)c2cnn(C)c2n1. The largest absolute Gasteiger partial charge is 0.395 e. The number of aliphatic hydroxyl groups is 1. The summed E-state index contributed by atoms with van der Waals surface area (Å²) in [6.07, 6.45) is 1.72. The van der Waals surface area contributed by atoms with Crippen molar-refractivity contribution in [1.82, 2.24) is 19.7 Å². The van der Waals surface area contributed by atoms with Crippen molar-refractivity contribution in [2.75, 3.05) is 23.8 Å². The van der Waals surface area contributed by atoms with Crippen molar-refractivity contribution < 1.29 is 5.11 Å². The molecule has 7 heteroatoms. The van der Waals surface area contributed by atoms with Gasteiger partial charge in [0.05, 0.1) is 18.2 Å². The number of aromatic nitrogens is 4. The first-order valence-corrected chi connectivity index (χ1v) is 5.93. The van der Waals surface area contributed by atoms with Crippen LogP contribution in [0, 0.1) is 0 Å². The smallest absolute Gasteiger partial charge is 0.226 e. The number of nitrogens with zero attached hydrogens (tertiary/aromatic N) is 4. The molecule has 0 aliphatic carbocycles. The molecule has 0 aliphatic heterocycles. The van der Waals surface area contributed by atoms with Crippen LogP contribution in [0.25, 0.3) is 11.0 Å². The number of hydrogen-bond donors (Lipinski definition) is 3. The second-order valence-electron chi connectivity index (χ2n) is 4.35. The number of anilines is 2. The van der Waals surface area contributed by atoms with Crippen LogP contribution in [0.5, 0.6) is 0 Å². The Morgan fingerprint density at radius 3 is 2.83 bits per heavy atom. The third kappa shape index (κ3) is 2.51. The summed E-state index contributed by atoms with van der Waals surface area (Å²) >= 11 is 0. The van der Waals surface area contributed by atoms with Gasteiger partial charge in [-0.25, -0.2) is 0 Å². The number of nitrogens with one attached hydrogen (secondary N) is 2. The predicted octanol–water partition coefficient (Wildman–Crippen LogP) is 0.588. The van der Waals surface area contributed by atoms with Crippen molar-refractivity contribution in [3.63, 3.8) is 0 Å². The monoisotopic (exact) mass is 250 g/mol. The van der Waals surface area contributed by atoms with E-state index in [1.165, 1.54) is 0 Å². The molecule has 0 unspecified atom stereocenters. The maximum absolute atomic E-state index is 8.88. The molecule has 0 bridgehead atoms. The molecule has 0 spiro atoms. The lowest BCUT2D eigenvalue weighted by molar-refractivity contribution is 0.311. The maximum atomic E-state index is 8.88. The van der Waals surface area contributed by atoms with Crippen molar-refractivity contribution in [3.05, 3.63) is 6.20 Å². The van der Waals surface area contributed by atoms with Crippen LogP contribution in [0.2, 0.25) is 0 Å². The zero-order chi connectivity index (χ0) is 13.1. The van der Waals surface area contributed by atoms with E-state index in [9.17, 15) is 0 Å². The molecule has 0 atom stereocenters. The third-order valence-electron chi connectivity index (χ3n) is 2.41. The minimum Gasteiger partial charge on any atom is -0.395 e. The first-order chi connectivity index (χ1) is 8.61. The van der Waals surface area contributed by atoms with Gasteiger partial charge in [0.15, 0.2) is 5.65 Å². The number of aryl methyl sites for hydroxylation is 1. The summed E-state index contributed by atoms with van der Waals surface area (Å²) in [6.45, 7) is 4.55. The Morgan fingerprint density at radius 1 is 1.39 bits per heavy atom. The van der Waals surface area contributed by atoms with E-state index in [4.69, 9.17) is 5.11 Å². The van der Waals surface area contributed by atoms with Gasteiger partial charge in [0.2, 0.25) is 5.95 Å². The molecule has 0 aromatic carbocycles. The molecule has 7 nitrogen and oxygen atoms in total. The standard InChI is InChI=1S/C11H18N6O/c1-7(2)14-11-15-9(12-4-5-18)8-6-13-17(3)10(8)16-11/h6-7,18H,4-5H2,1-3H3,(H2,12,14,15,16). The van der Waals surface area contributed by atoms with E-state index < -0.39 is 0 Å². The molecule has 2 rings (SSSR count). The normalized spacial score (nSPS) is 11.2. The van der Waals surface area contributed by atoms with Crippen molar-refractivity contribution in [2.24, 2.45) is 7.05 Å². The lowest BCUT2D eigenvalue weighted by atomic mass is 10.3. The van der Waals surface area contributed by atoms with Crippen molar-refractivity contribution in [3.8, 4) is 0 Å². The third-order valence-corrected chi connectivity index (χ3v) is 2.41. The minimum absolute atomic E-state index is 0.0543. The van der Waals surface area contributed by atoms with Gasteiger partial charge in [-0.1, -0.05) is 0 Å². The Bertz CT molecular complexity index is 536. The highest BCUT2D eigenvalue weighted by molar-refractivity contribution is 5.87. The van der Waals surface area contributed by atoms with Crippen molar-refractivity contribution in [2.45, 2.75) is 19.9 Å². The molecule has 2 aromatic heterocycles. The van der Waals surface area contributed by atoms with E-state index in [1.54, 1.807) is 10.9 Å². The number of fused-ring (bicyclic) bond motifs is 1. The molecule has 0 saturated heterocycles. The molecular formula is C11H18N6O. The Morgan fingerprint density at radius 2 is 2.17 bits per heavy atom. The van der Waals surface area contributed by atoms with Crippen LogP contribution in [0.15, 0.2) is 6.20 Å². The Labute approximate surface area is 105 Å². The number of rotatable bonds is 5. The van der Waals surface area contributed by atoms with E-state index in [0.29, 0.717) is 18.3 Å². The molecule has 0 saturated carbocycles. The van der Waals surface area contributed by atoms with E-state index in [1.807, 2.05) is 20.9 Å². The predicted molar refractivity (Wildman–Crippen MR) is 70.6 cm³/mol. The molecule has 0 fully saturated rings. The van der Waals surface area contributed by atoms with Gasteiger partial charge in [-0.3, -0.25) is 4.68 Å². The average Bonchev–Trinajstić information content (AvgIpc) is 2.68. The topological polar surface area (TPSA) is 87.9 Å². The van der Waals surface area contributed by atoms with Crippen LogP contribution >= 0.6 is 0 Å². The first-order valence-electron chi connectivity index (χ1n) is 5.93. The van der Waals surface area contributed by atoms with Gasteiger partial charge in [-0.2, -0.15) is 15.1 Å². The summed E-state index contributed by atoms with van der Waals surface area (Å²) in [7, 11) is 1.84. The molecular weight excluding hydrogens is 232 g/mol. The summed E-state index contributed by atoms with van der Waals surface area (Å²) in [5, 5.41) is 20.1. The van der Waals surface area contributed by atoms with Crippen LogP contribution < -0.4 is 10.6 Å². The lowest BCUT2D eigenvalue weighted by Gasteiger charge is -2.11. The highest BCUT2D eigenvalue weighted by Crippen LogP contribution is 2.21. The van der Waals surface area contributed by atoms with E-state index in [-0.39, 0.29) is 12.6 Å². The molecule has 98 valence electrons. The fraction of sp³-hybridized carbons (Fsp3) is 0.545. The number of hydrogen-bond acceptors (Lipinski definition) is 6. The summed E-state index contributed by atoms with van der Waals surface area (Å²) < 4.78 is 1.70. The average molecular weight is 250 g/mol. The Balaban J connectivity index is 2.44. The van der Waals surface area contributed by atoms with Crippen LogP contribution in [0.1, 0.15) is 13.8 Å². The summed E-state index contributed by atoms with van der Waals surface area (Å²) in [6, 6.07) is 0.251. The molecule has 2 heterocycles. The van der Waals surface area contributed by atoms with Crippen molar-refractivity contribution in [1.29, 1.82) is 0 Å². The molecule has 0 radical (unpaired) electrons. The number of aliphatic hydroxyl groups excluding tert-OH is 1. The molecule has 3 N–H and O–H groups in total. The lowest BCUT2D eigenvalue weighted by Crippen LogP contribution is -2.15. The van der Waals surface area contributed by atoms with E-state index >= 15 is 0 Å². The highest BCUT2D eigenvalue weighted by atomic mass is 16.3. The van der Waals surface area contributed by atoms with Gasteiger partial charge in [0, 0.05) is 19.6 Å². The van der Waals surface area contributed by atoms with Gasteiger partial charge in [0.25, 0.3) is 0 Å². The van der Waals surface area contributed by atoms with E-state index in [0.717, 1.165) is 11.0 Å². The zero-order valence-electron chi connectivity index (χ0n) is 10.8. The van der Waals surface area contributed by atoms with Gasteiger partial charge >= 0.3 is 0 Å². The van der Waals surface area contributed by atoms with E-state index in [2.05, 4.69) is 25.7 Å². The molecule has 0 aliphatic rings. The molecule has 18 heavy (non-hydrogen) atoms. The van der Waals surface area contributed by atoms with Crippen LogP contribution in [-0.4, -0.2) is 44.0 Å². The second kappa shape index (κ2) is 5.18. The van der Waals surface area contributed by atoms with Gasteiger partial charge in [-0.15, -0.1) is 0 Å². The van der Waals surface area contributed by atoms with Crippen LogP contribution in [0.3, 0.4) is 0 Å². The second-order valence-corrected chi connectivity index (χ2v) is 4.35. The fourth-order valence-corrected chi connectivity index (χ4v) is 1.65. The molecule has 2 aromatic rings. The highest BCUT2D eigenvalue weighted by Gasteiger charge is 2.11.